The molecule has 0 atom stereocenters. The molecule has 0 radical (unpaired) electrons. The molecule has 4 nitrogen and oxygen atoms in total. The minimum absolute atomic E-state index is 0.0392. The lowest BCUT2D eigenvalue weighted by molar-refractivity contribution is -0.137. The van der Waals surface area contributed by atoms with Gasteiger partial charge in [0.15, 0.2) is 5.58 Å². The van der Waals surface area contributed by atoms with E-state index in [0.29, 0.717) is 28.2 Å². The van der Waals surface area contributed by atoms with Crippen molar-refractivity contribution in [3.63, 3.8) is 0 Å². The first kappa shape index (κ1) is 39.0. The predicted octanol–water partition coefficient (Wildman–Crippen LogP) is 16.5. The summed E-state index contributed by atoms with van der Waals surface area (Å²) in [6.45, 7) is 0. The van der Waals surface area contributed by atoms with Crippen LogP contribution in [0.5, 0.6) is 0 Å². The summed E-state index contributed by atoms with van der Waals surface area (Å²) in [5.41, 5.74) is 10.3. The van der Waals surface area contributed by atoms with Gasteiger partial charge in [0.25, 0.3) is 0 Å². The molecule has 0 unspecified atom stereocenters. The number of alkyl halides is 3. The van der Waals surface area contributed by atoms with E-state index in [1.54, 1.807) is 30.3 Å². The first-order valence-corrected chi connectivity index (χ1v) is 20.6. The van der Waals surface area contributed by atoms with Gasteiger partial charge < -0.3 is 14.2 Å². The summed E-state index contributed by atoms with van der Waals surface area (Å²) in [7, 11) is 0. The van der Waals surface area contributed by atoms with Crippen molar-refractivity contribution in [3.05, 3.63) is 236 Å². The van der Waals surface area contributed by atoms with Crippen molar-refractivity contribution >= 4 is 45.2 Å². The van der Waals surface area contributed by atoms with Crippen LogP contribution in [-0.4, -0.2) is 4.98 Å². The number of hydrogen-bond donors (Lipinski definition) is 0. The smallest absolute Gasteiger partial charge is 0.417 e. The average Bonchev–Trinajstić information content (AvgIpc) is 3.77. The van der Waals surface area contributed by atoms with Gasteiger partial charge >= 0.3 is 6.18 Å². The highest BCUT2D eigenvalue weighted by molar-refractivity contribution is 5.87. The Kier molecular flexibility index (Phi) is 10.3. The zero-order chi connectivity index (χ0) is 42.8. The standard InChI is InChI=1S/C56H38F3N3O/c57-56(58,59)52-38-50(62(46-21-11-4-12-22-46)48-31-26-42(27-32-48)40-16-7-2-8-17-40)33-34-51(52)43-28-35-53-54(37-43)63-55(60-53)44-18-13-23-49(36-44)61(45-19-9-3-10-20-45)47-29-24-41(25-30-47)39-14-5-1-6-15-39/h1-38H. The summed E-state index contributed by atoms with van der Waals surface area (Å²) < 4.78 is 51.8. The minimum atomic E-state index is -4.65. The zero-order valence-corrected chi connectivity index (χ0v) is 33.8. The topological polar surface area (TPSA) is 32.5 Å². The summed E-state index contributed by atoms with van der Waals surface area (Å²) in [6, 6.07) is 73.5. The van der Waals surface area contributed by atoms with E-state index < -0.39 is 11.7 Å². The quantitative estimate of drug-likeness (QED) is 0.137. The molecule has 0 fully saturated rings. The summed E-state index contributed by atoms with van der Waals surface area (Å²) in [5.74, 6) is 0.361. The van der Waals surface area contributed by atoms with Gasteiger partial charge in [0.05, 0.1) is 5.56 Å². The number of oxazole rings is 1. The van der Waals surface area contributed by atoms with Crippen molar-refractivity contribution in [2.45, 2.75) is 6.18 Å². The van der Waals surface area contributed by atoms with Gasteiger partial charge in [-0.05, 0) is 124 Å². The second-order valence-corrected chi connectivity index (χ2v) is 15.1. The Hall–Kier alpha value is -8.16. The van der Waals surface area contributed by atoms with E-state index in [2.05, 4.69) is 53.4 Å². The maximum absolute atomic E-state index is 15.1. The van der Waals surface area contributed by atoms with Crippen molar-refractivity contribution in [2.24, 2.45) is 0 Å². The lowest BCUT2D eigenvalue weighted by Crippen LogP contribution is -2.13. The molecule has 0 aliphatic carbocycles. The Morgan fingerprint density at radius 2 is 0.762 bits per heavy atom. The van der Waals surface area contributed by atoms with Crippen molar-refractivity contribution < 1.29 is 17.6 Å². The molecule has 10 aromatic rings. The molecule has 0 aliphatic rings. The number of para-hydroxylation sites is 2. The maximum Gasteiger partial charge on any atom is 0.417 e. The number of hydrogen-bond acceptors (Lipinski definition) is 4. The maximum atomic E-state index is 15.1. The summed E-state index contributed by atoms with van der Waals surface area (Å²) in [4.78, 5) is 8.80. The molecule has 0 bridgehead atoms. The van der Waals surface area contributed by atoms with Crippen LogP contribution in [0.1, 0.15) is 5.56 Å². The Labute approximate surface area is 363 Å². The van der Waals surface area contributed by atoms with Gasteiger partial charge in [-0.25, -0.2) is 4.98 Å². The largest absolute Gasteiger partial charge is 0.436 e. The van der Waals surface area contributed by atoms with Crippen LogP contribution in [0.25, 0.3) is 55.9 Å². The number of nitrogens with zero attached hydrogens (tertiary/aromatic N) is 3. The predicted molar refractivity (Wildman–Crippen MR) is 250 cm³/mol. The van der Waals surface area contributed by atoms with E-state index in [1.807, 2.05) is 150 Å². The highest BCUT2D eigenvalue weighted by Gasteiger charge is 2.35. The SMILES string of the molecule is FC(F)(F)c1cc(N(c2ccccc2)c2ccc(-c3ccccc3)cc2)ccc1-c1ccc2nc(-c3cccc(N(c4ccccc4)c4ccc(-c5ccccc5)cc4)c3)oc2c1. The molecule has 304 valence electrons. The Bertz CT molecular complexity index is 3130. The van der Waals surface area contributed by atoms with Crippen LogP contribution < -0.4 is 9.80 Å². The van der Waals surface area contributed by atoms with Gasteiger partial charge in [0, 0.05) is 39.7 Å². The van der Waals surface area contributed by atoms with Crippen LogP contribution in [0.3, 0.4) is 0 Å². The number of benzene rings is 9. The van der Waals surface area contributed by atoms with E-state index in [4.69, 9.17) is 9.40 Å². The number of fused-ring (bicyclic) bond motifs is 1. The lowest BCUT2D eigenvalue weighted by Gasteiger charge is -2.27. The molecular weight excluding hydrogens is 788 g/mol. The van der Waals surface area contributed by atoms with Crippen molar-refractivity contribution in [1.82, 2.24) is 4.98 Å². The average molecular weight is 826 g/mol. The number of rotatable bonds is 10. The number of aromatic nitrogens is 1. The molecule has 0 N–H and O–H groups in total. The minimum Gasteiger partial charge on any atom is -0.436 e. The molecule has 0 saturated heterocycles. The molecule has 0 spiro atoms. The first-order chi connectivity index (χ1) is 30.9. The van der Waals surface area contributed by atoms with Gasteiger partial charge in [0.2, 0.25) is 5.89 Å². The van der Waals surface area contributed by atoms with Crippen molar-refractivity contribution in [3.8, 4) is 44.8 Å². The molecule has 63 heavy (non-hydrogen) atoms. The van der Waals surface area contributed by atoms with E-state index in [1.165, 1.54) is 6.07 Å². The van der Waals surface area contributed by atoms with Crippen LogP contribution in [-0.2, 0) is 6.18 Å². The Morgan fingerprint density at radius 3 is 1.29 bits per heavy atom. The molecule has 7 heteroatoms. The van der Waals surface area contributed by atoms with Crippen LogP contribution in [0.2, 0.25) is 0 Å². The fourth-order valence-electron chi connectivity index (χ4n) is 8.07. The monoisotopic (exact) mass is 825 g/mol. The highest BCUT2D eigenvalue weighted by Crippen LogP contribution is 2.44. The third-order valence-electron chi connectivity index (χ3n) is 11.1. The summed E-state index contributed by atoms with van der Waals surface area (Å²) in [6.07, 6.45) is -4.65. The third-order valence-corrected chi connectivity index (χ3v) is 11.1. The van der Waals surface area contributed by atoms with Crippen LogP contribution in [0, 0.1) is 0 Å². The van der Waals surface area contributed by atoms with Crippen molar-refractivity contribution in [1.29, 1.82) is 0 Å². The van der Waals surface area contributed by atoms with Crippen LogP contribution in [0.15, 0.2) is 235 Å². The Morgan fingerprint density at radius 1 is 0.349 bits per heavy atom. The molecule has 1 heterocycles. The van der Waals surface area contributed by atoms with Gasteiger partial charge in [-0.15, -0.1) is 0 Å². The first-order valence-electron chi connectivity index (χ1n) is 20.6. The highest BCUT2D eigenvalue weighted by atomic mass is 19.4. The fourth-order valence-corrected chi connectivity index (χ4v) is 8.07. The lowest BCUT2D eigenvalue weighted by atomic mass is 9.97. The number of halogens is 3. The molecule has 0 aliphatic heterocycles. The second-order valence-electron chi connectivity index (χ2n) is 15.1. The normalized spacial score (nSPS) is 11.4. The van der Waals surface area contributed by atoms with Gasteiger partial charge in [-0.2, -0.15) is 13.2 Å². The van der Waals surface area contributed by atoms with Gasteiger partial charge in [-0.1, -0.05) is 140 Å². The molecule has 0 saturated carbocycles. The molecule has 9 aromatic carbocycles. The second kappa shape index (κ2) is 16.7. The zero-order valence-electron chi connectivity index (χ0n) is 33.8. The van der Waals surface area contributed by atoms with E-state index in [9.17, 15) is 0 Å². The third kappa shape index (κ3) is 8.08. The summed E-state index contributed by atoms with van der Waals surface area (Å²) >= 11 is 0. The Balaban J connectivity index is 0.989. The molecule has 0 amide bonds. The van der Waals surface area contributed by atoms with Gasteiger partial charge in [-0.3, -0.25) is 0 Å². The van der Waals surface area contributed by atoms with E-state index in [0.717, 1.165) is 56.3 Å². The van der Waals surface area contributed by atoms with E-state index in [-0.39, 0.29) is 5.56 Å². The van der Waals surface area contributed by atoms with Gasteiger partial charge in [0.1, 0.15) is 5.52 Å². The molecular formula is C56H38F3N3O. The number of anilines is 6. The van der Waals surface area contributed by atoms with Crippen LogP contribution in [0.4, 0.5) is 47.3 Å². The summed E-state index contributed by atoms with van der Waals surface area (Å²) in [5, 5.41) is 0. The molecule has 10 rings (SSSR count). The fraction of sp³-hybridized carbons (Fsp3) is 0.0179. The van der Waals surface area contributed by atoms with Crippen LogP contribution >= 0.6 is 0 Å². The molecule has 1 aromatic heterocycles. The van der Waals surface area contributed by atoms with E-state index >= 15 is 13.2 Å². The van der Waals surface area contributed by atoms with Crippen molar-refractivity contribution in [2.75, 3.05) is 9.80 Å².